The van der Waals surface area contributed by atoms with E-state index in [2.05, 4.69) is 4.98 Å². The third kappa shape index (κ3) is 2.28. The van der Waals surface area contributed by atoms with Crippen LogP contribution in [0.5, 0.6) is 5.75 Å². The molecule has 4 heteroatoms. The largest absolute Gasteiger partial charge is 0.507 e. The van der Waals surface area contributed by atoms with Crippen LogP contribution in [0, 0.1) is 6.92 Å². The summed E-state index contributed by atoms with van der Waals surface area (Å²) in [5, 5.41) is 19.5. The van der Waals surface area contributed by atoms with Crippen molar-refractivity contribution in [3.8, 4) is 5.75 Å². The molecule has 2 rings (SSSR count). The number of hydrogen-bond acceptors (Lipinski definition) is 3. The van der Waals surface area contributed by atoms with Crippen molar-refractivity contribution in [2.75, 3.05) is 6.61 Å². The Morgan fingerprint density at radius 3 is 2.83 bits per heavy atom. The molecule has 0 amide bonds. The molecule has 0 aliphatic carbocycles. The fraction of sp³-hybridized carbons (Fsp3) is 0.214. The van der Waals surface area contributed by atoms with Crippen LogP contribution >= 0.6 is 0 Å². The van der Waals surface area contributed by atoms with Gasteiger partial charge in [-0.2, -0.15) is 0 Å². The van der Waals surface area contributed by atoms with Crippen LogP contribution in [0.2, 0.25) is 0 Å². The topological polar surface area (TPSA) is 73.3 Å². The van der Waals surface area contributed by atoms with Gasteiger partial charge in [0.05, 0.1) is 12.1 Å². The van der Waals surface area contributed by atoms with Crippen LogP contribution in [-0.4, -0.2) is 21.8 Å². The number of aliphatic hydroxyl groups excluding tert-OH is 1. The second-order valence-electron chi connectivity index (χ2n) is 4.17. The minimum Gasteiger partial charge on any atom is -0.507 e. The van der Waals surface area contributed by atoms with Crippen molar-refractivity contribution < 1.29 is 10.2 Å². The van der Waals surface area contributed by atoms with Gasteiger partial charge in [0.15, 0.2) is 0 Å². The second-order valence-corrected chi connectivity index (χ2v) is 4.17. The fourth-order valence-corrected chi connectivity index (χ4v) is 2.00. The lowest BCUT2D eigenvalue weighted by molar-refractivity contribution is 0.342. The Bertz CT molecular complexity index is 656. The van der Waals surface area contributed by atoms with Crippen molar-refractivity contribution in [1.29, 1.82) is 0 Å². The number of aryl methyl sites for hydroxylation is 1. The number of aromatic nitrogens is 1. The number of allylic oxidation sites excluding steroid dienone is 1. The number of pyridine rings is 1. The molecular formula is C14H15NO3. The monoisotopic (exact) mass is 245 g/mol. The van der Waals surface area contributed by atoms with Crippen LogP contribution in [0.3, 0.4) is 0 Å². The summed E-state index contributed by atoms with van der Waals surface area (Å²) in [5.74, 6) is 0.175. The molecule has 18 heavy (non-hydrogen) atoms. The Morgan fingerprint density at radius 1 is 1.33 bits per heavy atom. The summed E-state index contributed by atoms with van der Waals surface area (Å²) in [6.45, 7) is 1.87. The molecule has 0 aliphatic heterocycles. The third-order valence-electron chi connectivity index (χ3n) is 2.87. The normalized spacial score (nSPS) is 11.4. The van der Waals surface area contributed by atoms with Crippen LogP contribution < -0.4 is 5.56 Å². The van der Waals surface area contributed by atoms with Gasteiger partial charge in [0, 0.05) is 11.5 Å². The number of aromatic amines is 1. The van der Waals surface area contributed by atoms with Crippen molar-refractivity contribution in [2.45, 2.75) is 13.3 Å². The van der Waals surface area contributed by atoms with E-state index in [-0.39, 0.29) is 17.9 Å². The van der Waals surface area contributed by atoms with Gasteiger partial charge < -0.3 is 15.2 Å². The summed E-state index contributed by atoms with van der Waals surface area (Å²) in [4.78, 5) is 14.0. The first-order valence-electron chi connectivity index (χ1n) is 5.74. The van der Waals surface area contributed by atoms with Gasteiger partial charge in [-0.3, -0.25) is 4.79 Å². The van der Waals surface area contributed by atoms with Crippen LogP contribution in [0.15, 0.2) is 35.1 Å². The quantitative estimate of drug-likeness (QED) is 0.720. The SMILES string of the molecule is Cc1cc(CC=CCO)c(O)c2ccc(=O)[nH]c12. The van der Waals surface area contributed by atoms with Crippen LogP contribution in [0.25, 0.3) is 10.9 Å². The van der Waals surface area contributed by atoms with Gasteiger partial charge in [0.1, 0.15) is 5.75 Å². The van der Waals surface area contributed by atoms with Crippen LogP contribution in [0.4, 0.5) is 0 Å². The van der Waals surface area contributed by atoms with E-state index in [0.29, 0.717) is 17.3 Å². The Balaban J connectivity index is 2.58. The van der Waals surface area contributed by atoms with Crippen molar-refractivity contribution in [3.05, 3.63) is 51.8 Å². The number of phenolic OH excluding ortho intramolecular Hbond substituents is 1. The second kappa shape index (κ2) is 5.06. The molecule has 0 spiro atoms. The molecule has 0 bridgehead atoms. The summed E-state index contributed by atoms with van der Waals surface area (Å²) < 4.78 is 0. The smallest absolute Gasteiger partial charge is 0.248 e. The molecule has 4 nitrogen and oxygen atoms in total. The lowest BCUT2D eigenvalue weighted by atomic mass is 10.0. The third-order valence-corrected chi connectivity index (χ3v) is 2.87. The van der Waals surface area contributed by atoms with Crippen LogP contribution in [0.1, 0.15) is 11.1 Å². The standard InChI is InChI=1S/C14H15NO3/c1-9-8-10(4-2-3-7-16)14(18)11-5-6-12(17)15-13(9)11/h2-3,5-6,8,16,18H,4,7H2,1H3,(H,15,17). The van der Waals surface area contributed by atoms with Gasteiger partial charge in [-0.25, -0.2) is 0 Å². The van der Waals surface area contributed by atoms with Gasteiger partial charge in [-0.15, -0.1) is 0 Å². The van der Waals surface area contributed by atoms with Gasteiger partial charge in [0.25, 0.3) is 0 Å². The Kier molecular flexibility index (Phi) is 3.48. The minimum absolute atomic E-state index is 0.0132. The van der Waals surface area contributed by atoms with Crippen molar-refractivity contribution in [2.24, 2.45) is 0 Å². The maximum absolute atomic E-state index is 11.3. The Morgan fingerprint density at radius 2 is 2.11 bits per heavy atom. The number of aliphatic hydroxyl groups is 1. The summed E-state index contributed by atoms with van der Waals surface area (Å²) in [7, 11) is 0. The van der Waals surface area contributed by atoms with E-state index < -0.39 is 0 Å². The van der Waals surface area contributed by atoms with Gasteiger partial charge in [-0.1, -0.05) is 12.2 Å². The highest BCUT2D eigenvalue weighted by atomic mass is 16.3. The predicted octanol–water partition coefficient (Wildman–Crippen LogP) is 1.63. The predicted molar refractivity (Wildman–Crippen MR) is 70.9 cm³/mol. The first kappa shape index (κ1) is 12.4. The molecule has 0 atom stereocenters. The van der Waals surface area contributed by atoms with E-state index in [1.54, 1.807) is 18.2 Å². The molecule has 1 heterocycles. The number of benzene rings is 1. The Labute approximate surface area is 104 Å². The molecule has 0 saturated carbocycles. The summed E-state index contributed by atoms with van der Waals surface area (Å²) >= 11 is 0. The summed E-state index contributed by atoms with van der Waals surface area (Å²) in [6.07, 6.45) is 3.97. The first-order valence-corrected chi connectivity index (χ1v) is 5.74. The fourth-order valence-electron chi connectivity index (χ4n) is 2.00. The number of nitrogens with one attached hydrogen (secondary N) is 1. The minimum atomic E-state index is -0.182. The molecule has 1 aromatic heterocycles. The zero-order valence-electron chi connectivity index (χ0n) is 10.1. The molecule has 1 aromatic carbocycles. The average molecular weight is 245 g/mol. The molecule has 3 N–H and O–H groups in total. The van der Waals surface area contributed by atoms with E-state index in [0.717, 1.165) is 11.1 Å². The highest BCUT2D eigenvalue weighted by Gasteiger charge is 2.08. The first-order chi connectivity index (χ1) is 8.63. The van der Waals surface area contributed by atoms with Crippen molar-refractivity contribution >= 4 is 10.9 Å². The van der Waals surface area contributed by atoms with E-state index in [9.17, 15) is 9.90 Å². The van der Waals surface area contributed by atoms with E-state index in [1.165, 1.54) is 6.07 Å². The van der Waals surface area contributed by atoms with Gasteiger partial charge in [-0.05, 0) is 36.6 Å². The molecule has 0 saturated heterocycles. The molecule has 0 unspecified atom stereocenters. The lowest BCUT2D eigenvalue weighted by Gasteiger charge is -2.09. The number of hydrogen-bond donors (Lipinski definition) is 3. The zero-order valence-corrected chi connectivity index (χ0v) is 10.1. The number of aromatic hydroxyl groups is 1. The maximum Gasteiger partial charge on any atom is 0.248 e. The highest BCUT2D eigenvalue weighted by Crippen LogP contribution is 2.29. The van der Waals surface area contributed by atoms with Gasteiger partial charge in [0.2, 0.25) is 5.56 Å². The molecule has 94 valence electrons. The zero-order chi connectivity index (χ0) is 13.1. The number of fused-ring (bicyclic) bond motifs is 1. The number of phenols is 1. The molecule has 0 aliphatic rings. The lowest BCUT2D eigenvalue weighted by Crippen LogP contribution is -2.04. The summed E-state index contributed by atoms with van der Waals surface area (Å²) in [5.41, 5.74) is 2.16. The maximum atomic E-state index is 11.3. The summed E-state index contributed by atoms with van der Waals surface area (Å²) in [6, 6.07) is 4.86. The number of H-pyrrole nitrogens is 1. The van der Waals surface area contributed by atoms with Gasteiger partial charge >= 0.3 is 0 Å². The Hall–Kier alpha value is -2.07. The van der Waals surface area contributed by atoms with E-state index in [4.69, 9.17) is 5.11 Å². The number of rotatable bonds is 3. The van der Waals surface area contributed by atoms with E-state index >= 15 is 0 Å². The van der Waals surface area contributed by atoms with Crippen molar-refractivity contribution in [1.82, 2.24) is 4.98 Å². The van der Waals surface area contributed by atoms with E-state index in [1.807, 2.05) is 13.0 Å². The van der Waals surface area contributed by atoms with Crippen LogP contribution in [-0.2, 0) is 6.42 Å². The van der Waals surface area contributed by atoms with Crippen molar-refractivity contribution in [3.63, 3.8) is 0 Å². The average Bonchev–Trinajstić information content (AvgIpc) is 2.35. The molecule has 0 fully saturated rings. The highest BCUT2D eigenvalue weighted by molar-refractivity contribution is 5.88. The molecule has 2 aromatic rings. The molecular weight excluding hydrogens is 230 g/mol. The molecule has 0 radical (unpaired) electrons.